The first-order valence-electron chi connectivity index (χ1n) is 5.00. The third-order valence-electron chi connectivity index (χ3n) is 2.11. The van der Waals surface area contributed by atoms with Crippen LogP contribution in [0.15, 0.2) is 40.0 Å². The number of aromatic nitrogens is 1. The number of carboxylic acid groups (broad SMARTS) is 1. The average Bonchev–Trinajstić information content (AvgIpc) is 2.85. The smallest absolute Gasteiger partial charge is 0.371 e. The van der Waals surface area contributed by atoms with E-state index in [1.54, 1.807) is 24.4 Å². The van der Waals surface area contributed by atoms with Crippen molar-refractivity contribution in [1.82, 2.24) is 4.98 Å². The van der Waals surface area contributed by atoms with E-state index >= 15 is 0 Å². The molecule has 0 atom stereocenters. The first-order chi connectivity index (χ1) is 8.69. The van der Waals surface area contributed by atoms with Crippen LogP contribution in [0.5, 0.6) is 0 Å². The van der Waals surface area contributed by atoms with E-state index in [1.165, 1.54) is 17.8 Å². The Morgan fingerprint density at radius 3 is 3.00 bits per heavy atom. The van der Waals surface area contributed by atoms with Gasteiger partial charge < -0.3 is 9.52 Å². The van der Waals surface area contributed by atoms with Crippen LogP contribution >= 0.6 is 11.8 Å². The van der Waals surface area contributed by atoms with Gasteiger partial charge in [-0.05, 0) is 29.8 Å². The van der Waals surface area contributed by atoms with Crippen LogP contribution in [0.4, 0.5) is 0 Å². The number of hydrogen-bond acceptors (Lipinski definition) is 5. The summed E-state index contributed by atoms with van der Waals surface area (Å²) < 4.78 is 5.11. The number of pyridine rings is 1. The Kier molecular flexibility index (Phi) is 3.65. The maximum atomic E-state index is 10.6. The second kappa shape index (κ2) is 5.38. The van der Waals surface area contributed by atoms with E-state index in [9.17, 15) is 4.79 Å². The van der Waals surface area contributed by atoms with Crippen LogP contribution in [-0.2, 0) is 5.75 Å². The summed E-state index contributed by atoms with van der Waals surface area (Å²) >= 11 is 1.36. The summed E-state index contributed by atoms with van der Waals surface area (Å²) in [7, 11) is 0. The van der Waals surface area contributed by atoms with Crippen LogP contribution in [0.3, 0.4) is 0 Å². The molecule has 2 aromatic heterocycles. The molecule has 6 heteroatoms. The fraction of sp³-hybridized carbons (Fsp3) is 0.0833. The number of carbonyl (C=O) groups is 1. The minimum atomic E-state index is -1.09. The Hall–Kier alpha value is -2.26. The molecule has 0 aliphatic rings. The second-order valence-corrected chi connectivity index (χ2v) is 4.35. The van der Waals surface area contributed by atoms with Crippen LogP contribution in [0, 0.1) is 11.3 Å². The molecule has 0 amide bonds. The Morgan fingerprint density at radius 1 is 1.50 bits per heavy atom. The molecule has 0 aromatic carbocycles. The number of thioether (sulfide) groups is 1. The maximum Gasteiger partial charge on any atom is 0.371 e. The summed E-state index contributed by atoms with van der Waals surface area (Å²) in [6.45, 7) is 0. The molecule has 0 fully saturated rings. The van der Waals surface area contributed by atoms with Crippen LogP contribution in [0.25, 0.3) is 0 Å². The minimum Gasteiger partial charge on any atom is -0.475 e. The highest BCUT2D eigenvalue weighted by molar-refractivity contribution is 7.98. The Morgan fingerprint density at radius 2 is 2.33 bits per heavy atom. The topological polar surface area (TPSA) is 87.1 Å². The highest BCUT2D eigenvalue weighted by Gasteiger charge is 2.09. The molecule has 0 aliphatic heterocycles. The number of nitriles is 1. The van der Waals surface area contributed by atoms with E-state index in [1.807, 2.05) is 6.07 Å². The Bertz CT molecular complexity index is 616. The lowest BCUT2D eigenvalue weighted by molar-refractivity contribution is 0.0656. The normalized spacial score (nSPS) is 9.94. The van der Waals surface area contributed by atoms with Gasteiger partial charge in [-0.2, -0.15) is 5.26 Å². The highest BCUT2D eigenvalue weighted by atomic mass is 32.2. The van der Waals surface area contributed by atoms with Gasteiger partial charge in [0.05, 0.1) is 0 Å². The molecule has 90 valence electrons. The first kappa shape index (κ1) is 12.2. The van der Waals surface area contributed by atoms with Gasteiger partial charge in [-0.15, -0.1) is 0 Å². The summed E-state index contributed by atoms with van der Waals surface area (Å²) in [5.74, 6) is -0.577. The van der Waals surface area contributed by atoms with Crippen LogP contribution in [-0.4, -0.2) is 16.1 Å². The van der Waals surface area contributed by atoms with Crippen molar-refractivity contribution in [3.05, 3.63) is 47.5 Å². The second-order valence-electron chi connectivity index (χ2n) is 3.37. The lowest BCUT2D eigenvalue weighted by atomic mass is 10.2. The van der Waals surface area contributed by atoms with Gasteiger partial charge in [0.2, 0.25) is 5.76 Å². The quantitative estimate of drug-likeness (QED) is 0.850. The Labute approximate surface area is 107 Å². The lowest BCUT2D eigenvalue weighted by Gasteiger charge is -1.98. The van der Waals surface area contributed by atoms with E-state index in [0.717, 1.165) is 5.56 Å². The van der Waals surface area contributed by atoms with E-state index < -0.39 is 5.97 Å². The number of rotatable bonds is 4. The summed E-state index contributed by atoms with van der Waals surface area (Å²) in [6, 6.07) is 8.48. The molecule has 1 N–H and O–H groups in total. The lowest BCUT2D eigenvalue weighted by Crippen LogP contribution is -1.91. The third-order valence-corrected chi connectivity index (χ3v) is 3.09. The zero-order valence-corrected chi connectivity index (χ0v) is 9.98. The van der Waals surface area contributed by atoms with Gasteiger partial charge in [0.1, 0.15) is 11.8 Å². The van der Waals surface area contributed by atoms with Gasteiger partial charge in [-0.1, -0.05) is 11.8 Å². The molecule has 0 aliphatic carbocycles. The van der Waals surface area contributed by atoms with Gasteiger partial charge in [-0.3, -0.25) is 0 Å². The van der Waals surface area contributed by atoms with Crippen molar-refractivity contribution in [3.63, 3.8) is 0 Å². The number of hydrogen-bond donors (Lipinski definition) is 1. The molecule has 0 bridgehead atoms. The van der Waals surface area contributed by atoms with E-state index in [4.69, 9.17) is 14.8 Å². The van der Waals surface area contributed by atoms with E-state index in [-0.39, 0.29) is 5.76 Å². The number of carboxylic acids is 1. The Balaban J connectivity index is 2.02. The van der Waals surface area contributed by atoms with E-state index in [2.05, 4.69) is 4.98 Å². The number of nitrogens with zero attached hydrogens (tertiary/aromatic N) is 2. The van der Waals surface area contributed by atoms with Crippen LogP contribution in [0.2, 0.25) is 0 Å². The van der Waals surface area contributed by atoms with Gasteiger partial charge in [0.15, 0.2) is 5.09 Å². The molecule has 0 unspecified atom stereocenters. The van der Waals surface area contributed by atoms with Crippen molar-refractivity contribution < 1.29 is 14.3 Å². The van der Waals surface area contributed by atoms with Gasteiger partial charge in [0.25, 0.3) is 0 Å². The SMILES string of the molecule is N#Cc1cc(CSc2ccc(C(=O)O)o2)ccn1. The van der Waals surface area contributed by atoms with Crippen molar-refractivity contribution in [3.8, 4) is 6.07 Å². The van der Waals surface area contributed by atoms with Crippen molar-refractivity contribution in [1.29, 1.82) is 5.26 Å². The maximum absolute atomic E-state index is 10.6. The first-order valence-corrected chi connectivity index (χ1v) is 5.98. The molecular formula is C12H8N2O3S. The van der Waals surface area contributed by atoms with Crippen molar-refractivity contribution in [2.45, 2.75) is 10.8 Å². The van der Waals surface area contributed by atoms with Crippen molar-refractivity contribution in [2.24, 2.45) is 0 Å². The molecule has 0 spiro atoms. The number of aromatic carboxylic acids is 1. The predicted octanol–water partition coefficient (Wildman–Crippen LogP) is 2.54. The minimum absolute atomic E-state index is 0.0788. The summed E-state index contributed by atoms with van der Waals surface area (Å²) in [5, 5.41) is 17.9. The van der Waals surface area contributed by atoms with Crippen molar-refractivity contribution >= 4 is 17.7 Å². The van der Waals surface area contributed by atoms with Crippen molar-refractivity contribution in [2.75, 3.05) is 0 Å². The van der Waals surface area contributed by atoms with Gasteiger partial charge in [-0.25, -0.2) is 9.78 Å². The zero-order valence-electron chi connectivity index (χ0n) is 9.16. The fourth-order valence-electron chi connectivity index (χ4n) is 1.29. The predicted molar refractivity (Wildman–Crippen MR) is 64.2 cm³/mol. The fourth-order valence-corrected chi connectivity index (χ4v) is 2.09. The largest absolute Gasteiger partial charge is 0.475 e. The summed E-state index contributed by atoms with van der Waals surface area (Å²) in [5.41, 5.74) is 1.29. The van der Waals surface area contributed by atoms with Gasteiger partial charge in [0, 0.05) is 11.9 Å². The molecule has 0 saturated carbocycles. The molecule has 2 aromatic rings. The monoisotopic (exact) mass is 260 g/mol. The standard InChI is InChI=1S/C12H8N2O3S/c13-6-9-5-8(3-4-14-9)7-18-11-2-1-10(17-11)12(15)16/h1-5H,7H2,(H,15,16). The molecule has 18 heavy (non-hydrogen) atoms. The summed E-state index contributed by atoms with van der Waals surface area (Å²) in [6.07, 6.45) is 1.57. The number of furan rings is 1. The molecule has 0 saturated heterocycles. The molecule has 5 nitrogen and oxygen atoms in total. The summed E-state index contributed by atoms with van der Waals surface area (Å²) in [4.78, 5) is 14.5. The van der Waals surface area contributed by atoms with Crippen LogP contribution in [0.1, 0.15) is 21.8 Å². The molecule has 2 heterocycles. The van der Waals surface area contributed by atoms with E-state index in [0.29, 0.717) is 16.5 Å². The zero-order chi connectivity index (χ0) is 13.0. The highest BCUT2D eigenvalue weighted by Crippen LogP contribution is 2.24. The van der Waals surface area contributed by atoms with Crippen LogP contribution < -0.4 is 0 Å². The molecular weight excluding hydrogens is 252 g/mol. The van der Waals surface area contributed by atoms with Gasteiger partial charge >= 0.3 is 5.97 Å². The molecule has 2 rings (SSSR count). The third kappa shape index (κ3) is 2.90. The average molecular weight is 260 g/mol. The molecule has 0 radical (unpaired) electrons.